The van der Waals surface area contributed by atoms with E-state index in [1.54, 1.807) is 18.0 Å². The summed E-state index contributed by atoms with van der Waals surface area (Å²) >= 11 is 0. The molecule has 2 aromatic rings. The maximum atomic E-state index is 13.3. The van der Waals surface area contributed by atoms with Gasteiger partial charge in [-0.2, -0.15) is 4.31 Å². The van der Waals surface area contributed by atoms with Crippen molar-refractivity contribution in [2.75, 3.05) is 20.2 Å². The van der Waals surface area contributed by atoms with Crippen LogP contribution >= 0.6 is 0 Å². The summed E-state index contributed by atoms with van der Waals surface area (Å²) in [7, 11) is -2.13. The second-order valence-corrected chi connectivity index (χ2v) is 7.32. The van der Waals surface area contributed by atoms with Crippen LogP contribution in [0.5, 0.6) is 0 Å². The predicted octanol–water partition coefficient (Wildman–Crippen LogP) is 1.20. The molecule has 1 atom stereocenters. The van der Waals surface area contributed by atoms with E-state index < -0.39 is 15.8 Å². The third kappa shape index (κ3) is 3.26. The summed E-state index contributed by atoms with van der Waals surface area (Å²) in [5.74, 6) is -0.567. The highest BCUT2D eigenvalue weighted by molar-refractivity contribution is 7.89. The summed E-state index contributed by atoms with van der Waals surface area (Å²) in [6, 6.07) is 4.96. The highest BCUT2D eigenvalue weighted by Crippen LogP contribution is 2.27. The number of methoxy groups -OCH3 is 1. The number of hydrogen-bond donors (Lipinski definition) is 0. The Morgan fingerprint density at radius 3 is 3.00 bits per heavy atom. The molecule has 23 heavy (non-hydrogen) atoms. The molecule has 1 fully saturated rings. The number of aromatic nitrogens is 3. The van der Waals surface area contributed by atoms with Crippen molar-refractivity contribution in [3.05, 3.63) is 42.0 Å². The van der Waals surface area contributed by atoms with Gasteiger partial charge in [-0.1, -0.05) is 11.3 Å². The minimum atomic E-state index is -3.70. The summed E-state index contributed by atoms with van der Waals surface area (Å²) in [4.78, 5) is -0.0307. The molecule has 1 aliphatic heterocycles. The first-order valence-electron chi connectivity index (χ1n) is 7.16. The van der Waals surface area contributed by atoms with E-state index in [9.17, 15) is 12.8 Å². The van der Waals surface area contributed by atoms with E-state index in [0.717, 1.165) is 6.07 Å². The van der Waals surface area contributed by atoms with E-state index in [1.807, 2.05) is 0 Å². The molecule has 7 nitrogen and oxygen atoms in total. The molecule has 0 saturated carbocycles. The third-order valence-corrected chi connectivity index (χ3v) is 5.65. The number of benzene rings is 1. The van der Waals surface area contributed by atoms with Gasteiger partial charge in [-0.3, -0.25) is 0 Å². The summed E-state index contributed by atoms with van der Waals surface area (Å²) in [6.45, 7) is 1.01. The molecule has 9 heteroatoms. The highest BCUT2D eigenvalue weighted by Gasteiger charge is 2.34. The quantitative estimate of drug-likeness (QED) is 0.817. The molecule has 0 spiro atoms. The molecule has 0 bridgehead atoms. The Morgan fingerprint density at radius 1 is 1.43 bits per heavy atom. The van der Waals surface area contributed by atoms with Crippen molar-refractivity contribution < 1.29 is 17.5 Å². The lowest BCUT2D eigenvalue weighted by molar-refractivity contribution is 0.181. The Morgan fingerprint density at radius 2 is 2.26 bits per heavy atom. The normalized spacial score (nSPS) is 19.3. The van der Waals surface area contributed by atoms with Gasteiger partial charge in [0.1, 0.15) is 11.5 Å². The number of sulfonamides is 1. The monoisotopic (exact) mass is 340 g/mol. The minimum Gasteiger partial charge on any atom is -0.378 e. The fourth-order valence-electron chi connectivity index (χ4n) is 2.63. The average Bonchev–Trinajstić information content (AvgIpc) is 3.16. The summed E-state index contributed by atoms with van der Waals surface area (Å²) in [5, 5.41) is 8.00. The van der Waals surface area contributed by atoms with Crippen LogP contribution in [-0.4, -0.2) is 47.9 Å². The van der Waals surface area contributed by atoms with E-state index in [1.165, 1.54) is 22.5 Å². The van der Waals surface area contributed by atoms with Crippen molar-refractivity contribution in [1.82, 2.24) is 19.3 Å². The lowest BCUT2D eigenvalue weighted by Crippen LogP contribution is -2.29. The molecular weight excluding hydrogens is 323 g/mol. The average molecular weight is 340 g/mol. The van der Waals surface area contributed by atoms with Crippen LogP contribution in [0.3, 0.4) is 0 Å². The van der Waals surface area contributed by atoms with E-state index in [-0.39, 0.29) is 17.5 Å². The van der Waals surface area contributed by atoms with Crippen LogP contribution in [0.25, 0.3) is 0 Å². The Bertz CT molecular complexity index is 793. The molecular formula is C14H17FN4O3S. The predicted molar refractivity (Wildman–Crippen MR) is 79.5 cm³/mol. The van der Waals surface area contributed by atoms with Crippen LogP contribution < -0.4 is 0 Å². The molecule has 1 aromatic heterocycles. The lowest BCUT2D eigenvalue weighted by Gasteiger charge is -2.16. The Balaban J connectivity index is 1.76. The zero-order valence-electron chi connectivity index (χ0n) is 12.6. The number of halogens is 1. The first-order chi connectivity index (χ1) is 11.0. The number of nitrogens with zero attached hydrogens (tertiary/aromatic N) is 4. The van der Waals surface area contributed by atoms with Crippen molar-refractivity contribution in [3.8, 4) is 0 Å². The number of hydrogen-bond acceptors (Lipinski definition) is 5. The van der Waals surface area contributed by atoms with Crippen molar-refractivity contribution in [1.29, 1.82) is 0 Å². The van der Waals surface area contributed by atoms with Crippen LogP contribution in [0.4, 0.5) is 4.39 Å². The van der Waals surface area contributed by atoms with Crippen molar-refractivity contribution in [3.63, 3.8) is 0 Å². The molecule has 1 unspecified atom stereocenters. The van der Waals surface area contributed by atoms with Gasteiger partial charge in [0, 0.05) is 20.2 Å². The Hall–Kier alpha value is -1.84. The molecule has 0 N–H and O–H groups in total. The Labute approximate surface area is 133 Å². The van der Waals surface area contributed by atoms with Crippen molar-refractivity contribution in [2.24, 2.45) is 0 Å². The SMILES string of the molecule is COCc1cn(C2CCN(S(=O)(=O)c3cccc(F)c3)C2)nn1. The van der Waals surface area contributed by atoms with Crippen LogP contribution in [0.1, 0.15) is 18.2 Å². The standard InChI is InChI=1S/C14H17FN4O3S/c1-22-10-12-8-19(17-16-12)13-5-6-18(9-13)23(20,21)14-4-2-3-11(15)7-14/h2-4,7-8,13H,5-6,9-10H2,1H3. The molecule has 1 saturated heterocycles. The third-order valence-electron chi connectivity index (χ3n) is 3.78. The van der Waals surface area contributed by atoms with Gasteiger partial charge >= 0.3 is 0 Å². The Kier molecular flexibility index (Phi) is 4.42. The number of rotatable bonds is 5. The second kappa shape index (κ2) is 6.34. The van der Waals surface area contributed by atoms with Crippen LogP contribution in [0.15, 0.2) is 35.4 Å². The molecule has 0 amide bonds. The first-order valence-corrected chi connectivity index (χ1v) is 8.60. The van der Waals surface area contributed by atoms with Gasteiger partial charge < -0.3 is 4.74 Å². The van der Waals surface area contributed by atoms with Crippen molar-refractivity contribution in [2.45, 2.75) is 24.0 Å². The van der Waals surface area contributed by atoms with Gasteiger partial charge in [-0.15, -0.1) is 5.10 Å². The van der Waals surface area contributed by atoms with Gasteiger partial charge in [0.2, 0.25) is 10.0 Å². The largest absolute Gasteiger partial charge is 0.378 e. The van der Waals surface area contributed by atoms with Crippen LogP contribution in [0, 0.1) is 5.82 Å². The molecule has 1 aromatic carbocycles. The fourth-order valence-corrected chi connectivity index (χ4v) is 4.15. The van der Waals surface area contributed by atoms with E-state index in [0.29, 0.717) is 25.3 Å². The van der Waals surface area contributed by atoms with Gasteiger partial charge in [-0.25, -0.2) is 17.5 Å². The molecule has 0 aliphatic carbocycles. The summed E-state index contributed by atoms with van der Waals surface area (Å²) in [5.41, 5.74) is 0.693. The van der Waals surface area contributed by atoms with Crippen molar-refractivity contribution >= 4 is 10.0 Å². The maximum absolute atomic E-state index is 13.3. The van der Waals surface area contributed by atoms with E-state index in [4.69, 9.17) is 4.74 Å². The summed E-state index contributed by atoms with van der Waals surface area (Å²) in [6.07, 6.45) is 2.39. The molecule has 0 radical (unpaired) electrons. The van der Waals surface area contributed by atoms with Crippen LogP contribution in [-0.2, 0) is 21.4 Å². The second-order valence-electron chi connectivity index (χ2n) is 5.39. The first kappa shape index (κ1) is 16.0. The molecule has 3 rings (SSSR count). The number of ether oxygens (including phenoxy) is 1. The molecule has 1 aliphatic rings. The molecule has 2 heterocycles. The smallest absolute Gasteiger partial charge is 0.243 e. The maximum Gasteiger partial charge on any atom is 0.243 e. The van der Waals surface area contributed by atoms with E-state index >= 15 is 0 Å². The summed E-state index contributed by atoms with van der Waals surface area (Å²) < 4.78 is 46.4. The van der Waals surface area contributed by atoms with Gasteiger partial charge in [0.25, 0.3) is 0 Å². The van der Waals surface area contributed by atoms with E-state index in [2.05, 4.69) is 10.3 Å². The zero-order valence-corrected chi connectivity index (χ0v) is 13.4. The lowest BCUT2D eigenvalue weighted by atomic mass is 10.3. The van der Waals surface area contributed by atoms with Crippen LogP contribution in [0.2, 0.25) is 0 Å². The highest BCUT2D eigenvalue weighted by atomic mass is 32.2. The van der Waals surface area contributed by atoms with Gasteiger partial charge in [0.05, 0.1) is 23.7 Å². The minimum absolute atomic E-state index is 0.0307. The molecule has 124 valence electrons. The zero-order chi connectivity index (χ0) is 16.4. The van der Waals surface area contributed by atoms with Gasteiger partial charge in [0.15, 0.2) is 0 Å². The van der Waals surface area contributed by atoms with Gasteiger partial charge in [-0.05, 0) is 24.6 Å². The topological polar surface area (TPSA) is 77.3 Å². The fraction of sp³-hybridized carbons (Fsp3) is 0.429.